The van der Waals surface area contributed by atoms with E-state index in [0.717, 1.165) is 12.0 Å². The number of benzene rings is 1. The average Bonchev–Trinajstić information content (AvgIpc) is 2.78. The number of hydrogen-bond acceptors (Lipinski definition) is 4. The quantitative estimate of drug-likeness (QED) is 0.861. The monoisotopic (exact) mass is 312 g/mol. The van der Waals surface area contributed by atoms with Crippen LogP contribution in [0.15, 0.2) is 11.0 Å². The molecule has 0 saturated carbocycles. The van der Waals surface area contributed by atoms with Crippen LogP contribution in [0, 0.1) is 20.8 Å². The Kier molecular flexibility index (Phi) is 4.36. The first-order valence-electron chi connectivity index (χ1n) is 6.74. The summed E-state index contributed by atoms with van der Waals surface area (Å²) in [5.74, 6) is -0.287. The molecular formula is C14H20N2O4S. The number of nitrogens with one attached hydrogen (secondary N) is 1. The fourth-order valence-corrected chi connectivity index (χ4v) is 3.90. The number of primary sulfonamides is 1. The summed E-state index contributed by atoms with van der Waals surface area (Å²) >= 11 is 0. The second-order valence-electron chi connectivity index (χ2n) is 5.42. The molecule has 6 nitrogen and oxygen atoms in total. The minimum atomic E-state index is -3.87. The molecule has 0 radical (unpaired) electrons. The number of sulfonamides is 1. The van der Waals surface area contributed by atoms with E-state index in [9.17, 15) is 13.2 Å². The zero-order valence-electron chi connectivity index (χ0n) is 12.4. The van der Waals surface area contributed by atoms with Gasteiger partial charge in [0.05, 0.1) is 17.5 Å². The summed E-state index contributed by atoms with van der Waals surface area (Å²) in [4.78, 5) is 12.5. The molecule has 1 heterocycles. The number of carbonyl (C=O) groups excluding carboxylic acids is 1. The number of ether oxygens (including phenoxy) is 1. The lowest BCUT2D eigenvalue weighted by molar-refractivity contribution is 0.0928. The second kappa shape index (κ2) is 5.75. The molecule has 0 aromatic heterocycles. The first-order chi connectivity index (χ1) is 9.71. The number of amides is 1. The van der Waals surface area contributed by atoms with Gasteiger partial charge >= 0.3 is 0 Å². The standard InChI is InChI=1S/C14H20N2O4S/c1-8-6-9(2)13(21(15,18)19)10(3)12(8)14(17)16-11-4-5-20-7-11/h6,11H,4-5,7H2,1-3H3,(H,16,17)(H2,15,18,19). The van der Waals surface area contributed by atoms with Crippen LogP contribution < -0.4 is 10.5 Å². The normalized spacial score (nSPS) is 18.8. The highest BCUT2D eigenvalue weighted by Crippen LogP contribution is 2.25. The fourth-order valence-electron chi connectivity index (χ4n) is 2.86. The van der Waals surface area contributed by atoms with E-state index in [2.05, 4.69) is 5.32 Å². The molecule has 0 bridgehead atoms. The van der Waals surface area contributed by atoms with E-state index >= 15 is 0 Å². The van der Waals surface area contributed by atoms with Gasteiger partial charge in [-0.25, -0.2) is 13.6 Å². The van der Waals surface area contributed by atoms with Crippen molar-refractivity contribution in [2.24, 2.45) is 5.14 Å². The van der Waals surface area contributed by atoms with Crippen LogP contribution in [0.25, 0.3) is 0 Å². The Balaban J connectivity index is 2.45. The van der Waals surface area contributed by atoms with Gasteiger partial charge in [-0.15, -0.1) is 0 Å². The van der Waals surface area contributed by atoms with Gasteiger partial charge in [-0.05, 0) is 43.9 Å². The maximum atomic E-state index is 12.4. The van der Waals surface area contributed by atoms with Gasteiger partial charge < -0.3 is 10.1 Å². The lowest BCUT2D eigenvalue weighted by Crippen LogP contribution is -2.36. The third kappa shape index (κ3) is 3.25. The maximum absolute atomic E-state index is 12.4. The average molecular weight is 312 g/mol. The lowest BCUT2D eigenvalue weighted by Gasteiger charge is -2.17. The first kappa shape index (κ1) is 15.9. The van der Waals surface area contributed by atoms with Crippen molar-refractivity contribution in [1.82, 2.24) is 5.32 Å². The number of aryl methyl sites for hydroxylation is 2. The first-order valence-corrected chi connectivity index (χ1v) is 8.28. The Labute approximate surface area is 124 Å². The summed E-state index contributed by atoms with van der Waals surface area (Å²) in [6.45, 7) is 6.18. The zero-order chi connectivity index (χ0) is 15.8. The minimum Gasteiger partial charge on any atom is -0.379 e. The summed E-state index contributed by atoms with van der Waals surface area (Å²) < 4.78 is 28.7. The summed E-state index contributed by atoms with van der Waals surface area (Å²) in [6, 6.07) is 1.64. The molecule has 3 N–H and O–H groups in total. The molecule has 1 unspecified atom stereocenters. The van der Waals surface area contributed by atoms with E-state index in [1.807, 2.05) is 0 Å². The van der Waals surface area contributed by atoms with Gasteiger partial charge in [-0.2, -0.15) is 0 Å². The Morgan fingerprint density at radius 3 is 2.52 bits per heavy atom. The van der Waals surface area contributed by atoms with Crippen LogP contribution >= 0.6 is 0 Å². The van der Waals surface area contributed by atoms with E-state index in [-0.39, 0.29) is 16.8 Å². The molecule has 0 aliphatic carbocycles. The van der Waals surface area contributed by atoms with Crippen molar-refractivity contribution in [3.05, 3.63) is 28.3 Å². The molecule has 1 aromatic rings. The Hall–Kier alpha value is -1.44. The lowest BCUT2D eigenvalue weighted by atomic mass is 9.98. The number of nitrogens with two attached hydrogens (primary N) is 1. The highest BCUT2D eigenvalue weighted by atomic mass is 32.2. The summed E-state index contributed by atoms with van der Waals surface area (Å²) in [6.07, 6.45) is 0.762. The van der Waals surface area contributed by atoms with Crippen LogP contribution in [-0.2, 0) is 14.8 Å². The van der Waals surface area contributed by atoms with Gasteiger partial charge in [0.2, 0.25) is 10.0 Å². The molecule has 1 aromatic carbocycles. The van der Waals surface area contributed by atoms with Crippen LogP contribution in [0.3, 0.4) is 0 Å². The molecular weight excluding hydrogens is 292 g/mol. The van der Waals surface area contributed by atoms with Gasteiger partial charge in [0.1, 0.15) is 0 Å². The van der Waals surface area contributed by atoms with E-state index in [4.69, 9.17) is 9.88 Å². The molecule has 1 saturated heterocycles. The highest BCUT2D eigenvalue weighted by Gasteiger charge is 2.25. The topological polar surface area (TPSA) is 98.5 Å². The van der Waals surface area contributed by atoms with Crippen LogP contribution in [0.4, 0.5) is 0 Å². The van der Waals surface area contributed by atoms with Crippen molar-refractivity contribution in [2.45, 2.75) is 38.1 Å². The van der Waals surface area contributed by atoms with Gasteiger partial charge in [0.25, 0.3) is 5.91 Å². The van der Waals surface area contributed by atoms with Crippen LogP contribution in [0.5, 0.6) is 0 Å². The molecule has 1 fully saturated rings. The Bertz CT molecular complexity index is 677. The van der Waals surface area contributed by atoms with Crippen molar-refractivity contribution in [1.29, 1.82) is 0 Å². The number of rotatable bonds is 3. The Morgan fingerprint density at radius 1 is 1.33 bits per heavy atom. The zero-order valence-corrected chi connectivity index (χ0v) is 13.2. The molecule has 21 heavy (non-hydrogen) atoms. The predicted molar refractivity (Wildman–Crippen MR) is 78.7 cm³/mol. The van der Waals surface area contributed by atoms with Crippen molar-refractivity contribution < 1.29 is 17.9 Å². The van der Waals surface area contributed by atoms with Crippen LogP contribution in [0.2, 0.25) is 0 Å². The number of hydrogen-bond donors (Lipinski definition) is 2. The van der Waals surface area contributed by atoms with Gasteiger partial charge in [0, 0.05) is 12.2 Å². The molecule has 7 heteroatoms. The second-order valence-corrected chi connectivity index (χ2v) is 6.92. The van der Waals surface area contributed by atoms with E-state index in [1.165, 1.54) is 0 Å². The maximum Gasteiger partial charge on any atom is 0.252 e. The molecule has 1 amide bonds. The van der Waals surface area contributed by atoms with E-state index in [0.29, 0.717) is 29.9 Å². The third-order valence-electron chi connectivity index (χ3n) is 3.68. The molecule has 1 aliphatic heterocycles. The SMILES string of the molecule is Cc1cc(C)c(S(N)(=O)=O)c(C)c1C(=O)NC1CCOC1. The number of carbonyl (C=O) groups is 1. The smallest absolute Gasteiger partial charge is 0.252 e. The third-order valence-corrected chi connectivity index (χ3v) is 4.87. The molecule has 116 valence electrons. The fraction of sp³-hybridized carbons (Fsp3) is 0.500. The van der Waals surface area contributed by atoms with E-state index < -0.39 is 10.0 Å². The van der Waals surface area contributed by atoms with Crippen molar-refractivity contribution >= 4 is 15.9 Å². The molecule has 1 aliphatic rings. The molecule has 1 atom stereocenters. The summed E-state index contributed by atoms with van der Waals surface area (Å²) in [5, 5.41) is 8.14. The van der Waals surface area contributed by atoms with Crippen molar-refractivity contribution in [3.63, 3.8) is 0 Å². The summed E-state index contributed by atoms with van der Waals surface area (Å²) in [7, 11) is -3.87. The van der Waals surface area contributed by atoms with Gasteiger partial charge in [0.15, 0.2) is 0 Å². The highest BCUT2D eigenvalue weighted by molar-refractivity contribution is 7.89. The molecule has 0 spiro atoms. The van der Waals surface area contributed by atoms with E-state index in [1.54, 1.807) is 26.8 Å². The van der Waals surface area contributed by atoms with Crippen LogP contribution in [0.1, 0.15) is 33.5 Å². The van der Waals surface area contributed by atoms with Gasteiger partial charge in [-0.3, -0.25) is 4.79 Å². The van der Waals surface area contributed by atoms with Gasteiger partial charge in [-0.1, -0.05) is 6.07 Å². The largest absolute Gasteiger partial charge is 0.379 e. The summed E-state index contributed by atoms with van der Waals surface area (Å²) in [5.41, 5.74) is 2.05. The Morgan fingerprint density at radius 2 is 2.00 bits per heavy atom. The van der Waals surface area contributed by atoms with Crippen LogP contribution in [-0.4, -0.2) is 33.6 Å². The predicted octanol–water partition coefficient (Wildman–Crippen LogP) is 0.778. The van der Waals surface area contributed by atoms with Crippen molar-refractivity contribution in [3.8, 4) is 0 Å². The minimum absolute atomic E-state index is 0.0286. The van der Waals surface area contributed by atoms with Crippen molar-refractivity contribution in [2.75, 3.05) is 13.2 Å². The molecule has 2 rings (SSSR count).